The van der Waals surface area contributed by atoms with Gasteiger partial charge < -0.3 is 10.5 Å². The Balaban J connectivity index is 2.15. The lowest BCUT2D eigenvalue weighted by Gasteiger charge is -2.29. The van der Waals surface area contributed by atoms with Crippen molar-refractivity contribution in [3.05, 3.63) is 28.6 Å². The van der Waals surface area contributed by atoms with Gasteiger partial charge in [0, 0.05) is 16.7 Å². The van der Waals surface area contributed by atoms with E-state index in [0.717, 1.165) is 68.2 Å². The molecule has 0 saturated heterocycles. The number of benzene rings is 1. The Morgan fingerprint density at radius 3 is 2.37 bits per heavy atom. The van der Waals surface area contributed by atoms with E-state index in [1.807, 2.05) is 6.07 Å². The first-order chi connectivity index (χ1) is 9.15. The highest BCUT2D eigenvalue weighted by Gasteiger charge is 2.36. The summed E-state index contributed by atoms with van der Waals surface area (Å²) in [6.07, 6.45) is 7.88. The summed E-state index contributed by atoms with van der Waals surface area (Å²) in [6, 6.07) is 1.87. The van der Waals surface area contributed by atoms with Gasteiger partial charge >= 0.3 is 0 Å². The predicted octanol–water partition coefficient (Wildman–Crippen LogP) is 3.44. The average molecular weight is 263 g/mol. The SMILES string of the molecule is COc1cc(C2(N)CCCC2)c(F)c2c1CCCC2. The molecule has 0 radical (unpaired) electrons. The zero-order valence-electron chi connectivity index (χ0n) is 11.6. The lowest BCUT2D eigenvalue weighted by Crippen LogP contribution is -2.35. The lowest BCUT2D eigenvalue weighted by molar-refractivity contribution is 0.388. The second-order valence-electron chi connectivity index (χ2n) is 5.97. The number of ether oxygens (including phenoxy) is 1. The van der Waals surface area contributed by atoms with Gasteiger partial charge in [0.05, 0.1) is 7.11 Å². The van der Waals surface area contributed by atoms with Crippen LogP contribution in [0, 0.1) is 5.82 Å². The Bertz CT molecular complexity index is 492. The monoisotopic (exact) mass is 263 g/mol. The molecule has 0 unspecified atom stereocenters. The molecule has 0 heterocycles. The van der Waals surface area contributed by atoms with Crippen LogP contribution in [0.15, 0.2) is 6.07 Å². The third kappa shape index (κ3) is 2.04. The van der Waals surface area contributed by atoms with Crippen molar-refractivity contribution in [2.45, 2.75) is 56.9 Å². The van der Waals surface area contributed by atoms with Crippen LogP contribution in [-0.4, -0.2) is 7.11 Å². The topological polar surface area (TPSA) is 35.2 Å². The van der Waals surface area contributed by atoms with Crippen LogP contribution < -0.4 is 10.5 Å². The summed E-state index contributed by atoms with van der Waals surface area (Å²) in [5, 5.41) is 0. The highest BCUT2D eigenvalue weighted by molar-refractivity contribution is 5.48. The van der Waals surface area contributed by atoms with Crippen LogP contribution >= 0.6 is 0 Å². The zero-order chi connectivity index (χ0) is 13.5. The van der Waals surface area contributed by atoms with E-state index in [9.17, 15) is 4.39 Å². The van der Waals surface area contributed by atoms with Crippen LogP contribution in [0.4, 0.5) is 4.39 Å². The molecule has 2 nitrogen and oxygen atoms in total. The Labute approximate surface area is 114 Å². The molecule has 0 aliphatic heterocycles. The number of hydrogen-bond donors (Lipinski definition) is 1. The van der Waals surface area contributed by atoms with Gasteiger partial charge in [-0.25, -0.2) is 4.39 Å². The van der Waals surface area contributed by atoms with Crippen molar-refractivity contribution >= 4 is 0 Å². The molecule has 2 aliphatic rings. The molecule has 104 valence electrons. The maximum atomic E-state index is 14.8. The minimum atomic E-state index is -0.482. The van der Waals surface area contributed by atoms with Crippen molar-refractivity contribution in [2.24, 2.45) is 5.73 Å². The van der Waals surface area contributed by atoms with Gasteiger partial charge in [-0.1, -0.05) is 12.8 Å². The second-order valence-corrected chi connectivity index (χ2v) is 5.97. The van der Waals surface area contributed by atoms with E-state index in [-0.39, 0.29) is 5.82 Å². The zero-order valence-corrected chi connectivity index (χ0v) is 11.6. The maximum absolute atomic E-state index is 14.8. The fourth-order valence-electron chi connectivity index (χ4n) is 3.68. The van der Waals surface area contributed by atoms with Gasteiger partial charge in [0.1, 0.15) is 11.6 Å². The molecular formula is C16H22FNO. The standard InChI is InChI=1S/C16H22FNO/c1-19-14-10-13(16(18)8-4-5-9-16)15(17)12-7-3-2-6-11(12)14/h10H,2-9,18H2,1H3. The molecule has 2 N–H and O–H groups in total. The molecule has 0 spiro atoms. The quantitative estimate of drug-likeness (QED) is 0.887. The average Bonchev–Trinajstić information content (AvgIpc) is 2.87. The summed E-state index contributed by atoms with van der Waals surface area (Å²) in [4.78, 5) is 0. The van der Waals surface area contributed by atoms with Gasteiger partial charge in [-0.2, -0.15) is 0 Å². The van der Waals surface area contributed by atoms with Gasteiger partial charge in [0.25, 0.3) is 0 Å². The van der Waals surface area contributed by atoms with Crippen LogP contribution in [0.5, 0.6) is 5.75 Å². The molecule has 1 fully saturated rings. The van der Waals surface area contributed by atoms with Crippen molar-refractivity contribution in [1.82, 2.24) is 0 Å². The Morgan fingerprint density at radius 2 is 1.74 bits per heavy atom. The Kier molecular flexibility index (Phi) is 3.25. The first-order valence-electron chi connectivity index (χ1n) is 7.33. The van der Waals surface area contributed by atoms with Gasteiger partial charge in [-0.05, 0) is 50.2 Å². The summed E-state index contributed by atoms with van der Waals surface area (Å²) >= 11 is 0. The van der Waals surface area contributed by atoms with Crippen molar-refractivity contribution in [3.63, 3.8) is 0 Å². The fraction of sp³-hybridized carbons (Fsp3) is 0.625. The second kappa shape index (κ2) is 4.78. The van der Waals surface area contributed by atoms with E-state index in [4.69, 9.17) is 10.5 Å². The number of fused-ring (bicyclic) bond motifs is 1. The lowest BCUT2D eigenvalue weighted by atomic mass is 9.82. The van der Waals surface area contributed by atoms with Crippen LogP contribution in [0.3, 0.4) is 0 Å². The third-order valence-electron chi connectivity index (χ3n) is 4.79. The van der Waals surface area contributed by atoms with Crippen molar-refractivity contribution < 1.29 is 9.13 Å². The third-order valence-corrected chi connectivity index (χ3v) is 4.79. The van der Waals surface area contributed by atoms with E-state index in [1.54, 1.807) is 7.11 Å². The summed E-state index contributed by atoms with van der Waals surface area (Å²) in [7, 11) is 1.67. The number of nitrogens with two attached hydrogens (primary N) is 1. The summed E-state index contributed by atoms with van der Waals surface area (Å²) < 4.78 is 20.3. The normalized spacial score (nSPS) is 21.2. The minimum absolute atomic E-state index is 0.0556. The van der Waals surface area contributed by atoms with Crippen LogP contribution in [-0.2, 0) is 18.4 Å². The molecule has 1 aromatic carbocycles. The first-order valence-corrected chi connectivity index (χ1v) is 7.33. The number of halogens is 1. The molecule has 0 aromatic heterocycles. The smallest absolute Gasteiger partial charge is 0.131 e. The van der Waals surface area contributed by atoms with Crippen molar-refractivity contribution in [1.29, 1.82) is 0 Å². The molecule has 0 amide bonds. The largest absolute Gasteiger partial charge is 0.496 e. The Hall–Kier alpha value is -1.09. The van der Waals surface area contributed by atoms with Gasteiger partial charge in [0.15, 0.2) is 0 Å². The van der Waals surface area contributed by atoms with Gasteiger partial charge in [0.2, 0.25) is 0 Å². The van der Waals surface area contributed by atoms with Crippen LogP contribution in [0.2, 0.25) is 0 Å². The molecule has 1 aromatic rings. The molecule has 19 heavy (non-hydrogen) atoms. The maximum Gasteiger partial charge on any atom is 0.131 e. The highest BCUT2D eigenvalue weighted by Crippen LogP contribution is 2.42. The summed E-state index contributed by atoms with van der Waals surface area (Å²) in [5.41, 5.74) is 8.57. The van der Waals surface area contributed by atoms with E-state index in [2.05, 4.69) is 0 Å². The van der Waals surface area contributed by atoms with E-state index >= 15 is 0 Å². The molecule has 2 aliphatic carbocycles. The van der Waals surface area contributed by atoms with Gasteiger partial charge in [-0.3, -0.25) is 0 Å². The summed E-state index contributed by atoms with van der Waals surface area (Å²) in [6.45, 7) is 0. The van der Waals surface area contributed by atoms with Gasteiger partial charge in [-0.15, -0.1) is 0 Å². The molecule has 1 saturated carbocycles. The van der Waals surface area contributed by atoms with E-state index in [1.165, 1.54) is 0 Å². The van der Waals surface area contributed by atoms with Crippen molar-refractivity contribution in [3.8, 4) is 5.75 Å². The fourth-order valence-corrected chi connectivity index (χ4v) is 3.68. The summed E-state index contributed by atoms with van der Waals surface area (Å²) in [5.74, 6) is 0.780. The minimum Gasteiger partial charge on any atom is -0.496 e. The number of rotatable bonds is 2. The highest BCUT2D eigenvalue weighted by atomic mass is 19.1. The molecule has 3 heteroatoms. The predicted molar refractivity (Wildman–Crippen MR) is 73.9 cm³/mol. The Morgan fingerprint density at radius 1 is 1.11 bits per heavy atom. The molecule has 0 bridgehead atoms. The van der Waals surface area contributed by atoms with E-state index in [0.29, 0.717) is 5.56 Å². The van der Waals surface area contributed by atoms with Crippen LogP contribution in [0.1, 0.15) is 55.2 Å². The first kappa shape index (κ1) is 12.9. The molecule has 0 atom stereocenters. The number of hydrogen-bond acceptors (Lipinski definition) is 2. The molecule has 3 rings (SSSR count). The number of methoxy groups -OCH3 is 1. The molecular weight excluding hydrogens is 241 g/mol. The van der Waals surface area contributed by atoms with Crippen LogP contribution in [0.25, 0.3) is 0 Å². The van der Waals surface area contributed by atoms with E-state index < -0.39 is 5.54 Å². The van der Waals surface area contributed by atoms with Crippen molar-refractivity contribution in [2.75, 3.05) is 7.11 Å².